The summed E-state index contributed by atoms with van der Waals surface area (Å²) in [6, 6.07) is -0.691. The van der Waals surface area contributed by atoms with Gasteiger partial charge in [0, 0.05) is 12.2 Å². The summed E-state index contributed by atoms with van der Waals surface area (Å²) in [6.45, 7) is 0.265. The van der Waals surface area contributed by atoms with Gasteiger partial charge < -0.3 is 4.74 Å². The standard InChI is InChI=1S/C8H7ClN4O5/c9-7(14)11-3-4-12(8(11)15)10-5-1-2-6(18-5)13(16)17/h1-2,6H,3-4H2. The van der Waals surface area contributed by atoms with E-state index in [1.807, 2.05) is 0 Å². The van der Waals surface area contributed by atoms with Crippen molar-refractivity contribution in [1.82, 2.24) is 9.91 Å². The number of urea groups is 1. The van der Waals surface area contributed by atoms with Crippen molar-refractivity contribution in [2.45, 2.75) is 6.23 Å². The summed E-state index contributed by atoms with van der Waals surface area (Å²) < 4.78 is 4.84. The van der Waals surface area contributed by atoms with Gasteiger partial charge in [0.1, 0.15) is 0 Å². The Balaban J connectivity index is 2.04. The quantitative estimate of drug-likeness (QED) is 0.317. The van der Waals surface area contributed by atoms with Crippen molar-refractivity contribution in [3.63, 3.8) is 0 Å². The number of rotatable bonds is 2. The van der Waals surface area contributed by atoms with Gasteiger partial charge in [0.25, 0.3) is 0 Å². The van der Waals surface area contributed by atoms with E-state index < -0.39 is 22.5 Å². The first kappa shape index (κ1) is 12.3. The van der Waals surface area contributed by atoms with Crippen LogP contribution in [0, 0.1) is 10.1 Å². The van der Waals surface area contributed by atoms with Crippen LogP contribution in [-0.4, -0.2) is 51.4 Å². The Bertz CT molecular complexity index is 476. The zero-order valence-corrected chi connectivity index (χ0v) is 9.61. The molecule has 1 fully saturated rings. The maximum atomic E-state index is 11.6. The Kier molecular flexibility index (Phi) is 3.15. The molecule has 1 saturated heterocycles. The maximum Gasteiger partial charge on any atom is 0.375 e. The number of carbonyl (C=O) groups excluding carboxylic acids is 2. The second-order valence-electron chi connectivity index (χ2n) is 3.40. The number of nitrogens with zero attached hydrogens (tertiary/aromatic N) is 4. The first-order valence-electron chi connectivity index (χ1n) is 4.84. The third-order valence-corrected chi connectivity index (χ3v) is 2.48. The van der Waals surface area contributed by atoms with Crippen molar-refractivity contribution in [2.75, 3.05) is 13.1 Å². The number of hydrogen-bond acceptors (Lipinski definition) is 6. The molecule has 3 amide bonds. The molecule has 1 unspecified atom stereocenters. The van der Waals surface area contributed by atoms with Gasteiger partial charge in [0.15, 0.2) is 0 Å². The van der Waals surface area contributed by atoms with E-state index in [1.54, 1.807) is 0 Å². The molecular formula is C8H7ClN4O5. The lowest BCUT2D eigenvalue weighted by Crippen LogP contribution is -2.31. The van der Waals surface area contributed by atoms with E-state index >= 15 is 0 Å². The van der Waals surface area contributed by atoms with Crippen molar-refractivity contribution in [1.29, 1.82) is 0 Å². The number of amides is 3. The Morgan fingerprint density at radius 3 is 2.83 bits per heavy atom. The second kappa shape index (κ2) is 4.61. The second-order valence-corrected chi connectivity index (χ2v) is 3.72. The minimum Gasteiger partial charge on any atom is -0.407 e. The van der Waals surface area contributed by atoms with Gasteiger partial charge in [0.05, 0.1) is 18.0 Å². The fraction of sp³-hybridized carbons (Fsp3) is 0.375. The summed E-state index contributed by atoms with van der Waals surface area (Å²) in [7, 11) is 0. The first-order valence-corrected chi connectivity index (χ1v) is 5.22. The van der Waals surface area contributed by atoms with Crippen LogP contribution >= 0.6 is 11.6 Å². The Labute approximate surface area is 105 Å². The summed E-state index contributed by atoms with van der Waals surface area (Å²) in [5, 5.41) is 14.2. The average molecular weight is 275 g/mol. The molecule has 0 aromatic rings. The number of ether oxygens (including phenoxy) is 1. The number of carbonyl (C=O) groups is 2. The van der Waals surface area contributed by atoms with Crippen LogP contribution in [0.1, 0.15) is 0 Å². The van der Waals surface area contributed by atoms with Crippen LogP contribution in [0.25, 0.3) is 0 Å². The number of nitro groups is 1. The molecule has 2 aliphatic heterocycles. The smallest absolute Gasteiger partial charge is 0.375 e. The van der Waals surface area contributed by atoms with Gasteiger partial charge >= 0.3 is 17.6 Å². The molecule has 0 spiro atoms. The van der Waals surface area contributed by atoms with E-state index in [0.717, 1.165) is 9.91 Å². The van der Waals surface area contributed by atoms with Crippen LogP contribution in [0.4, 0.5) is 9.59 Å². The molecule has 0 saturated carbocycles. The number of hydrogen-bond donors (Lipinski definition) is 0. The molecule has 0 aromatic carbocycles. The summed E-state index contributed by atoms with van der Waals surface area (Å²) >= 11 is 5.18. The van der Waals surface area contributed by atoms with Gasteiger partial charge in [0.2, 0.25) is 5.90 Å². The SMILES string of the molecule is O=C(Cl)N1CCN(N=C2C=CC([N+](=O)[O-])O2)C1=O. The predicted octanol–water partition coefficient (Wildman–Crippen LogP) is 0.586. The molecule has 2 heterocycles. The van der Waals surface area contributed by atoms with Crippen LogP contribution in [0.5, 0.6) is 0 Å². The normalized spacial score (nSPS) is 24.8. The van der Waals surface area contributed by atoms with Crippen molar-refractivity contribution in [2.24, 2.45) is 5.10 Å². The molecule has 9 nitrogen and oxygen atoms in total. The maximum absolute atomic E-state index is 11.6. The summed E-state index contributed by atoms with van der Waals surface area (Å²) in [4.78, 5) is 33.0. The summed E-state index contributed by atoms with van der Waals surface area (Å²) in [6.07, 6.45) is 1.18. The van der Waals surface area contributed by atoms with Gasteiger partial charge in [-0.3, -0.25) is 14.9 Å². The van der Waals surface area contributed by atoms with Crippen LogP contribution in [0.15, 0.2) is 17.3 Å². The van der Waals surface area contributed by atoms with E-state index in [-0.39, 0.29) is 19.0 Å². The predicted molar refractivity (Wildman–Crippen MR) is 58.5 cm³/mol. The molecule has 0 aliphatic carbocycles. The van der Waals surface area contributed by atoms with Crippen LogP contribution in [0.3, 0.4) is 0 Å². The van der Waals surface area contributed by atoms with E-state index in [0.29, 0.717) is 0 Å². The fourth-order valence-corrected chi connectivity index (χ4v) is 1.59. The average Bonchev–Trinajstić information content (AvgIpc) is 2.87. The number of imide groups is 1. The fourth-order valence-electron chi connectivity index (χ4n) is 1.44. The van der Waals surface area contributed by atoms with Gasteiger partial charge in [-0.15, -0.1) is 5.10 Å². The molecule has 96 valence electrons. The Morgan fingerprint density at radius 2 is 2.33 bits per heavy atom. The van der Waals surface area contributed by atoms with Crippen molar-refractivity contribution in [3.05, 3.63) is 22.3 Å². The third-order valence-electron chi connectivity index (χ3n) is 2.27. The molecule has 10 heteroatoms. The molecule has 2 rings (SSSR count). The number of halogens is 1. The third kappa shape index (κ3) is 2.25. The highest BCUT2D eigenvalue weighted by Crippen LogP contribution is 2.14. The highest BCUT2D eigenvalue weighted by Gasteiger charge is 2.34. The molecule has 0 bridgehead atoms. The molecule has 18 heavy (non-hydrogen) atoms. The van der Waals surface area contributed by atoms with Crippen LogP contribution < -0.4 is 0 Å². The van der Waals surface area contributed by atoms with Crippen LogP contribution in [-0.2, 0) is 4.74 Å². The first-order chi connectivity index (χ1) is 8.49. The highest BCUT2D eigenvalue weighted by molar-refractivity contribution is 6.64. The van der Waals surface area contributed by atoms with Gasteiger partial charge in [-0.1, -0.05) is 0 Å². The number of hydrazone groups is 1. The van der Waals surface area contributed by atoms with E-state index in [4.69, 9.17) is 16.3 Å². The van der Waals surface area contributed by atoms with Crippen LogP contribution in [0.2, 0.25) is 0 Å². The highest BCUT2D eigenvalue weighted by atomic mass is 35.5. The molecule has 0 radical (unpaired) electrons. The zero-order chi connectivity index (χ0) is 13.3. The van der Waals surface area contributed by atoms with E-state index in [2.05, 4.69) is 5.10 Å². The monoisotopic (exact) mass is 274 g/mol. The van der Waals surface area contributed by atoms with Gasteiger partial charge in [-0.05, 0) is 11.6 Å². The minimum absolute atomic E-state index is 0.0612. The largest absolute Gasteiger partial charge is 0.407 e. The zero-order valence-electron chi connectivity index (χ0n) is 8.85. The molecule has 0 aromatic heterocycles. The van der Waals surface area contributed by atoms with Gasteiger partial charge in [-0.2, -0.15) is 0 Å². The molecule has 2 aliphatic rings. The van der Waals surface area contributed by atoms with Crippen molar-refractivity contribution >= 4 is 28.9 Å². The van der Waals surface area contributed by atoms with E-state index in [9.17, 15) is 19.7 Å². The lowest BCUT2D eigenvalue weighted by atomic mass is 10.5. The Morgan fingerprint density at radius 1 is 1.61 bits per heavy atom. The topological polar surface area (TPSA) is 105 Å². The minimum atomic E-state index is -1.30. The molecule has 0 N–H and O–H groups in total. The Hall–Kier alpha value is -2.16. The lowest BCUT2D eigenvalue weighted by molar-refractivity contribution is -0.549. The lowest BCUT2D eigenvalue weighted by Gasteiger charge is -2.10. The van der Waals surface area contributed by atoms with Gasteiger partial charge in [-0.25, -0.2) is 14.7 Å². The molecule has 1 atom stereocenters. The summed E-state index contributed by atoms with van der Waals surface area (Å²) in [5.41, 5.74) is 0. The van der Waals surface area contributed by atoms with E-state index in [1.165, 1.54) is 12.2 Å². The van der Waals surface area contributed by atoms with Crippen molar-refractivity contribution < 1.29 is 19.2 Å². The summed E-state index contributed by atoms with van der Waals surface area (Å²) in [5.74, 6) is -0.0612. The molecular weight excluding hydrogens is 268 g/mol. The van der Waals surface area contributed by atoms with Crippen molar-refractivity contribution in [3.8, 4) is 0 Å².